The van der Waals surface area contributed by atoms with Crippen LogP contribution in [0.1, 0.15) is 26.3 Å². The summed E-state index contributed by atoms with van der Waals surface area (Å²) in [6.07, 6.45) is 6.20. The third-order valence-electron chi connectivity index (χ3n) is 4.66. The van der Waals surface area contributed by atoms with E-state index in [1.165, 1.54) is 29.6 Å². The Morgan fingerprint density at radius 2 is 1.94 bits per heavy atom. The van der Waals surface area contributed by atoms with Gasteiger partial charge in [0.1, 0.15) is 12.1 Å². The summed E-state index contributed by atoms with van der Waals surface area (Å²) in [4.78, 5) is 26.5. The maximum Gasteiger partial charge on any atom is 0.258 e. The summed E-state index contributed by atoms with van der Waals surface area (Å²) < 4.78 is 20.7. The Morgan fingerprint density at radius 1 is 1.13 bits per heavy atom. The smallest absolute Gasteiger partial charge is 0.258 e. The highest BCUT2D eigenvalue weighted by atomic mass is 19.1. The van der Waals surface area contributed by atoms with Gasteiger partial charge in [0.05, 0.1) is 17.5 Å². The molecule has 0 atom stereocenters. The number of aromatic nitrogens is 2. The molecule has 8 heteroatoms. The quantitative estimate of drug-likeness (QED) is 0.511. The van der Waals surface area contributed by atoms with Gasteiger partial charge >= 0.3 is 0 Å². The van der Waals surface area contributed by atoms with Crippen LogP contribution in [0.2, 0.25) is 0 Å². The SMILES string of the molecule is CN(Cc1ccc(-n2cccn2)cc1)C(=O)c1cc(F)cc(NC(=O)c2ccoc2)c1. The molecule has 1 N–H and O–H groups in total. The zero-order valence-corrected chi connectivity index (χ0v) is 16.7. The Hall–Kier alpha value is -4.20. The molecule has 0 saturated carbocycles. The first-order valence-electron chi connectivity index (χ1n) is 9.48. The summed E-state index contributed by atoms with van der Waals surface area (Å²) in [7, 11) is 1.64. The maximum absolute atomic E-state index is 14.1. The van der Waals surface area contributed by atoms with Crippen LogP contribution in [0.5, 0.6) is 0 Å². The van der Waals surface area contributed by atoms with Crippen LogP contribution in [0, 0.1) is 5.82 Å². The first-order chi connectivity index (χ1) is 15.0. The summed E-state index contributed by atoms with van der Waals surface area (Å²) in [6.45, 7) is 0.339. The average Bonchev–Trinajstić information content (AvgIpc) is 3.47. The first-order valence-corrected chi connectivity index (χ1v) is 9.48. The Labute approximate surface area is 177 Å². The van der Waals surface area contributed by atoms with Crippen LogP contribution < -0.4 is 5.32 Å². The highest BCUT2D eigenvalue weighted by Crippen LogP contribution is 2.18. The number of hydrogen-bond acceptors (Lipinski definition) is 4. The molecule has 31 heavy (non-hydrogen) atoms. The van der Waals surface area contributed by atoms with E-state index in [4.69, 9.17) is 4.42 Å². The van der Waals surface area contributed by atoms with Crippen molar-refractivity contribution in [3.05, 3.63) is 102 Å². The van der Waals surface area contributed by atoms with E-state index in [9.17, 15) is 14.0 Å². The van der Waals surface area contributed by atoms with Crippen molar-refractivity contribution in [2.45, 2.75) is 6.54 Å². The van der Waals surface area contributed by atoms with E-state index in [-0.39, 0.29) is 17.2 Å². The molecule has 0 aliphatic rings. The molecule has 2 heterocycles. The molecule has 0 aliphatic carbocycles. The van der Waals surface area contributed by atoms with E-state index < -0.39 is 11.7 Å². The molecule has 0 saturated heterocycles. The highest BCUT2D eigenvalue weighted by molar-refractivity contribution is 6.04. The van der Waals surface area contributed by atoms with Crippen molar-refractivity contribution in [1.82, 2.24) is 14.7 Å². The molecule has 0 fully saturated rings. The molecule has 7 nitrogen and oxygen atoms in total. The van der Waals surface area contributed by atoms with E-state index in [0.717, 1.165) is 23.4 Å². The Morgan fingerprint density at radius 3 is 2.61 bits per heavy atom. The molecule has 0 unspecified atom stereocenters. The van der Waals surface area contributed by atoms with Gasteiger partial charge < -0.3 is 14.6 Å². The minimum Gasteiger partial charge on any atom is -0.472 e. The second-order valence-corrected chi connectivity index (χ2v) is 6.97. The van der Waals surface area contributed by atoms with Gasteiger partial charge in [0, 0.05) is 37.2 Å². The van der Waals surface area contributed by atoms with E-state index in [1.807, 2.05) is 36.5 Å². The normalized spacial score (nSPS) is 10.6. The molecule has 0 radical (unpaired) electrons. The van der Waals surface area contributed by atoms with Crippen LogP contribution in [-0.2, 0) is 6.54 Å². The van der Waals surface area contributed by atoms with Gasteiger partial charge in [-0.1, -0.05) is 12.1 Å². The predicted octanol–water partition coefficient (Wildman–Crippen LogP) is 4.13. The minimum absolute atomic E-state index is 0.137. The number of nitrogens with one attached hydrogen (secondary N) is 1. The third kappa shape index (κ3) is 4.69. The van der Waals surface area contributed by atoms with E-state index >= 15 is 0 Å². The number of carbonyl (C=O) groups excluding carboxylic acids is 2. The molecule has 2 aromatic heterocycles. The molecular weight excluding hydrogens is 399 g/mol. The van der Waals surface area contributed by atoms with Crippen molar-refractivity contribution in [1.29, 1.82) is 0 Å². The summed E-state index contributed by atoms with van der Waals surface area (Å²) >= 11 is 0. The third-order valence-corrected chi connectivity index (χ3v) is 4.66. The fourth-order valence-electron chi connectivity index (χ4n) is 3.12. The van der Waals surface area contributed by atoms with Crippen molar-refractivity contribution >= 4 is 17.5 Å². The van der Waals surface area contributed by atoms with Crippen LogP contribution in [0.25, 0.3) is 5.69 Å². The van der Waals surface area contributed by atoms with Gasteiger partial charge in [-0.15, -0.1) is 0 Å². The van der Waals surface area contributed by atoms with E-state index in [0.29, 0.717) is 12.1 Å². The van der Waals surface area contributed by atoms with Gasteiger partial charge in [-0.25, -0.2) is 9.07 Å². The topological polar surface area (TPSA) is 80.4 Å². The lowest BCUT2D eigenvalue weighted by Crippen LogP contribution is -2.26. The minimum atomic E-state index is -0.620. The zero-order valence-electron chi connectivity index (χ0n) is 16.7. The fraction of sp³-hybridized carbons (Fsp3) is 0.0870. The van der Waals surface area contributed by atoms with Gasteiger partial charge in [0.25, 0.3) is 11.8 Å². The second kappa shape index (κ2) is 8.66. The number of benzene rings is 2. The molecule has 4 aromatic rings. The van der Waals surface area contributed by atoms with Crippen LogP contribution in [-0.4, -0.2) is 33.5 Å². The van der Waals surface area contributed by atoms with Gasteiger partial charge in [-0.3, -0.25) is 9.59 Å². The van der Waals surface area contributed by atoms with Gasteiger partial charge in [-0.2, -0.15) is 5.10 Å². The number of anilines is 1. The number of carbonyl (C=O) groups is 2. The number of nitrogens with zero attached hydrogens (tertiary/aromatic N) is 3. The van der Waals surface area contributed by atoms with Crippen molar-refractivity contribution in [2.24, 2.45) is 0 Å². The highest BCUT2D eigenvalue weighted by Gasteiger charge is 2.16. The lowest BCUT2D eigenvalue weighted by molar-refractivity contribution is 0.0784. The van der Waals surface area contributed by atoms with Crippen LogP contribution in [0.3, 0.4) is 0 Å². The monoisotopic (exact) mass is 418 g/mol. The van der Waals surface area contributed by atoms with Crippen molar-refractivity contribution < 1.29 is 18.4 Å². The van der Waals surface area contributed by atoms with Gasteiger partial charge in [-0.05, 0) is 48.0 Å². The summed E-state index contributed by atoms with van der Waals surface area (Å²) in [5.41, 5.74) is 2.44. The second-order valence-electron chi connectivity index (χ2n) is 6.97. The number of amides is 2. The Balaban J connectivity index is 1.45. The summed E-state index contributed by atoms with van der Waals surface area (Å²) in [5.74, 6) is -1.44. The molecule has 2 aromatic carbocycles. The molecule has 4 rings (SSSR count). The molecule has 156 valence electrons. The standard InChI is InChI=1S/C23H19FN4O3/c1-27(14-16-3-5-21(6-4-16)28-9-2-8-25-28)23(30)18-11-19(24)13-20(12-18)26-22(29)17-7-10-31-15-17/h2-13,15H,14H2,1H3,(H,26,29). The molecule has 0 aliphatic heterocycles. The number of halogens is 1. The Bertz CT molecular complexity index is 1190. The van der Waals surface area contributed by atoms with Gasteiger partial charge in [0.2, 0.25) is 0 Å². The lowest BCUT2D eigenvalue weighted by Gasteiger charge is -2.18. The van der Waals surface area contributed by atoms with Gasteiger partial charge in [0.15, 0.2) is 0 Å². The summed E-state index contributed by atoms with van der Waals surface area (Å²) in [6, 6.07) is 14.7. The van der Waals surface area contributed by atoms with Crippen LogP contribution in [0.15, 0.2) is 83.9 Å². The molecular formula is C23H19FN4O3. The molecule has 0 bridgehead atoms. The number of hydrogen-bond donors (Lipinski definition) is 1. The first kappa shape index (κ1) is 20.1. The van der Waals surface area contributed by atoms with E-state index in [1.54, 1.807) is 17.9 Å². The van der Waals surface area contributed by atoms with Crippen molar-refractivity contribution in [3.8, 4) is 5.69 Å². The van der Waals surface area contributed by atoms with Crippen LogP contribution in [0.4, 0.5) is 10.1 Å². The lowest BCUT2D eigenvalue weighted by atomic mass is 10.1. The molecule has 2 amide bonds. The fourth-order valence-corrected chi connectivity index (χ4v) is 3.12. The molecule has 0 spiro atoms. The van der Waals surface area contributed by atoms with E-state index in [2.05, 4.69) is 10.4 Å². The Kier molecular flexibility index (Phi) is 5.61. The number of furan rings is 1. The van der Waals surface area contributed by atoms with Crippen molar-refractivity contribution in [2.75, 3.05) is 12.4 Å². The van der Waals surface area contributed by atoms with Crippen LogP contribution >= 0.6 is 0 Å². The zero-order chi connectivity index (χ0) is 21.8. The average molecular weight is 418 g/mol. The predicted molar refractivity (Wildman–Crippen MR) is 112 cm³/mol. The van der Waals surface area contributed by atoms with Crippen molar-refractivity contribution in [3.63, 3.8) is 0 Å². The largest absolute Gasteiger partial charge is 0.472 e. The summed E-state index contributed by atoms with van der Waals surface area (Å²) in [5, 5.41) is 6.75. The number of rotatable bonds is 6. The maximum atomic E-state index is 14.1.